The zero-order valence-corrected chi connectivity index (χ0v) is 19.3. The molecule has 0 radical (unpaired) electrons. The van der Waals surface area contributed by atoms with Gasteiger partial charge in [0.2, 0.25) is 6.41 Å². The van der Waals surface area contributed by atoms with Crippen LogP contribution in [0.15, 0.2) is 42.5 Å². The molecule has 0 saturated carbocycles. The number of rotatable bonds is 4. The van der Waals surface area contributed by atoms with Crippen molar-refractivity contribution in [1.29, 1.82) is 0 Å². The third-order valence-corrected chi connectivity index (χ3v) is 4.40. The molecule has 0 bridgehead atoms. The minimum atomic E-state index is 0.257. The zero-order valence-electron chi connectivity index (χ0n) is 19.3. The highest BCUT2D eigenvalue weighted by Crippen LogP contribution is 2.19. The second-order valence-corrected chi connectivity index (χ2v) is 6.50. The summed E-state index contributed by atoms with van der Waals surface area (Å²) in [6.45, 7) is 14.6. The number of hydrogen-bond donors (Lipinski definition) is 3. The standard InChI is InChI=1S/C13H19N3O2.C7H9N.2C2H6/c14-8-12-7-11(1-2-13(12)18)9-15-3-5-16(10-17)6-4-15;1-6-2-4-7(8)5-3-6;2*1-2/h1-2,7,10,18H,3-6,8-9,14H2;2-5H,8H2,1H3;2*1-2H3. The van der Waals surface area contributed by atoms with Gasteiger partial charge in [0.05, 0.1) is 0 Å². The fourth-order valence-electron chi connectivity index (χ4n) is 2.75. The summed E-state index contributed by atoms with van der Waals surface area (Å²) < 4.78 is 0. The van der Waals surface area contributed by atoms with Gasteiger partial charge in [-0.25, -0.2) is 0 Å². The van der Waals surface area contributed by atoms with Crippen molar-refractivity contribution in [3.8, 4) is 5.75 Å². The topological polar surface area (TPSA) is 95.8 Å². The Morgan fingerprint density at radius 1 is 0.967 bits per heavy atom. The van der Waals surface area contributed by atoms with Gasteiger partial charge in [0, 0.05) is 50.5 Å². The molecule has 0 unspecified atom stereocenters. The van der Waals surface area contributed by atoms with Crippen molar-refractivity contribution in [3.05, 3.63) is 59.2 Å². The summed E-state index contributed by atoms with van der Waals surface area (Å²) in [7, 11) is 0. The first-order chi connectivity index (χ1) is 14.5. The van der Waals surface area contributed by atoms with Crippen LogP contribution in [0, 0.1) is 6.92 Å². The maximum atomic E-state index is 10.6. The van der Waals surface area contributed by atoms with Crippen LogP contribution < -0.4 is 11.5 Å². The molecule has 1 heterocycles. The number of anilines is 1. The van der Waals surface area contributed by atoms with Gasteiger partial charge in [0.15, 0.2) is 0 Å². The zero-order chi connectivity index (χ0) is 22.9. The first-order valence-corrected chi connectivity index (χ1v) is 10.8. The lowest BCUT2D eigenvalue weighted by Gasteiger charge is -2.32. The van der Waals surface area contributed by atoms with E-state index in [1.165, 1.54) is 5.56 Å². The quantitative estimate of drug-likeness (QED) is 0.521. The number of benzene rings is 2. The molecule has 30 heavy (non-hydrogen) atoms. The van der Waals surface area contributed by atoms with Crippen LogP contribution in [0.4, 0.5) is 5.69 Å². The Balaban J connectivity index is 0.000000585. The molecular formula is C24H40N4O2. The summed E-state index contributed by atoms with van der Waals surface area (Å²) in [5.74, 6) is 0.257. The van der Waals surface area contributed by atoms with Crippen molar-refractivity contribution in [2.45, 2.75) is 47.7 Å². The number of aryl methyl sites for hydroxylation is 1. The van der Waals surface area contributed by atoms with Crippen LogP contribution >= 0.6 is 0 Å². The molecule has 1 aliphatic heterocycles. The fourth-order valence-corrected chi connectivity index (χ4v) is 2.75. The number of nitrogens with zero attached hydrogens (tertiary/aromatic N) is 2. The van der Waals surface area contributed by atoms with Gasteiger partial charge in [-0.15, -0.1) is 0 Å². The molecule has 1 amide bonds. The summed E-state index contributed by atoms with van der Waals surface area (Å²) in [6.07, 6.45) is 0.907. The van der Waals surface area contributed by atoms with E-state index in [9.17, 15) is 9.90 Å². The summed E-state index contributed by atoms with van der Waals surface area (Å²) in [5, 5.41) is 9.57. The first-order valence-electron chi connectivity index (χ1n) is 10.8. The maximum absolute atomic E-state index is 10.6. The summed E-state index contributed by atoms with van der Waals surface area (Å²) in [5.41, 5.74) is 15.0. The third kappa shape index (κ3) is 10.3. The Hall–Kier alpha value is -2.57. The first kappa shape index (κ1) is 27.4. The molecule has 0 aromatic heterocycles. The van der Waals surface area contributed by atoms with Gasteiger partial charge in [-0.05, 0) is 36.8 Å². The van der Waals surface area contributed by atoms with Gasteiger partial charge in [-0.2, -0.15) is 0 Å². The van der Waals surface area contributed by atoms with Crippen LogP contribution in [-0.2, 0) is 17.9 Å². The second kappa shape index (κ2) is 16.3. The number of aromatic hydroxyl groups is 1. The van der Waals surface area contributed by atoms with Gasteiger partial charge in [0.1, 0.15) is 5.75 Å². The van der Waals surface area contributed by atoms with Crippen LogP contribution in [0.3, 0.4) is 0 Å². The Morgan fingerprint density at radius 2 is 1.53 bits per heavy atom. The number of nitrogen functional groups attached to an aromatic ring is 1. The normalized spacial score (nSPS) is 12.9. The Morgan fingerprint density at radius 3 is 2.00 bits per heavy atom. The molecular weight excluding hydrogens is 376 g/mol. The Labute approximate surface area is 182 Å². The number of piperazine rings is 1. The molecule has 5 N–H and O–H groups in total. The molecule has 0 atom stereocenters. The van der Waals surface area contributed by atoms with E-state index in [1.807, 2.05) is 71.0 Å². The minimum Gasteiger partial charge on any atom is -0.508 e. The minimum absolute atomic E-state index is 0.257. The average Bonchev–Trinajstić information content (AvgIpc) is 2.81. The van der Waals surface area contributed by atoms with Crippen LogP contribution in [0.5, 0.6) is 5.75 Å². The fraction of sp³-hybridized carbons (Fsp3) is 0.458. The predicted octanol–water partition coefficient (Wildman–Crippen LogP) is 3.75. The van der Waals surface area contributed by atoms with Gasteiger partial charge < -0.3 is 21.5 Å². The van der Waals surface area contributed by atoms with E-state index in [0.29, 0.717) is 6.54 Å². The number of phenolic OH excluding ortho intramolecular Hbond substituents is 1. The lowest BCUT2D eigenvalue weighted by Crippen LogP contribution is -2.45. The smallest absolute Gasteiger partial charge is 0.209 e. The molecule has 1 fully saturated rings. The van der Waals surface area contributed by atoms with Gasteiger partial charge >= 0.3 is 0 Å². The van der Waals surface area contributed by atoms with Crippen LogP contribution in [0.1, 0.15) is 44.4 Å². The van der Waals surface area contributed by atoms with Crippen molar-refractivity contribution in [2.75, 3.05) is 31.9 Å². The highest BCUT2D eigenvalue weighted by molar-refractivity contribution is 5.47. The number of phenols is 1. The maximum Gasteiger partial charge on any atom is 0.209 e. The summed E-state index contributed by atoms with van der Waals surface area (Å²) in [4.78, 5) is 14.7. The van der Waals surface area contributed by atoms with Crippen molar-refractivity contribution < 1.29 is 9.90 Å². The number of carbonyl (C=O) groups is 1. The van der Waals surface area contributed by atoms with E-state index in [4.69, 9.17) is 11.5 Å². The van der Waals surface area contributed by atoms with Gasteiger partial charge in [0.25, 0.3) is 0 Å². The molecule has 2 aromatic carbocycles. The lowest BCUT2D eigenvalue weighted by atomic mass is 10.1. The van der Waals surface area contributed by atoms with E-state index in [0.717, 1.165) is 55.9 Å². The monoisotopic (exact) mass is 416 g/mol. The molecule has 0 spiro atoms. The largest absolute Gasteiger partial charge is 0.508 e. The predicted molar refractivity (Wildman–Crippen MR) is 127 cm³/mol. The lowest BCUT2D eigenvalue weighted by molar-refractivity contribution is -0.119. The van der Waals surface area contributed by atoms with Gasteiger partial charge in [-0.3, -0.25) is 9.69 Å². The molecule has 3 rings (SSSR count). The van der Waals surface area contributed by atoms with E-state index in [-0.39, 0.29) is 5.75 Å². The molecule has 2 aromatic rings. The van der Waals surface area contributed by atoms with E-state index in [1.54, 1.807) is 11.0 Å². The number of carbonyl (C=O) groups excluding carboxylic acids is 1. The number of nitrogens with two attached hydrogens (primary N) is 2. The van der Waals surface area contributed by atoms with E-state index >= 15 is 0 Å². The SMILES string of the molecule is CC.CC.Cc1ccc(N)cc1.NCc1cc(CN2CCN(C=O)CC2)ccc1O. The second-order valence-electron chi connectivity index (χ2n) is 6.50. The van der Waals surface area contributed by atoms with Crippen molar-refractivity contribution >= 4 is 12.1 Å². The number of amides is 1. The van der Waals surface area contributed by atoms with Crippen LogP contribution in [0.2, 0.25) is 0 Å². The van der Waals surface area contributed by atoms with Crippen LogP contribution in [-0.4, -0.2) is 47.5 Å². The van der Waals surface area contributed by atoms with Crippen molar-refractivity contribution in [1.82, 2.24) is 9.80 Å². The van der Waals surface area contributed by atoms with Gasteiger partial charge in [-0.1, -0.05) is 51.5 Å². The number of hydrogen-bond acceptors (Lipinski definition) is 5. The summed E-state index contributed by atoms with van der Waals surface area (Å²) in [6, 6.07) is 13.3. The van der Waals surface area contributed by atoms with Crippen molar-refractivity contribution in [2.24, 2.45) is 5.73 Å². The molecule has 6 nitrogen and oxygen atoms in total. The molecule has 0 aliphatic carbocycles. The van der Waals surface area contributed by atoms with Crippen LogP contribution in [0.25, 0.3) is 0 Å². The highest BCUT2D eigenvalue weighted by atomic mass is 16.3. The molecule has 6 heteroatoms. The molecule has 1 saturated heterocycles. The summed E-state index contributed by atoms with van der Waals surface area (Å²) >= 11 is 0. The highest BCUT2D eigenvalue weighted by Gasteiger charge is 2.15. The third-order valence-electron chi connectivity index (χ3n) is 4.40. The Kier molecular flexibility index (Phi) is 14.9. The average molecular weight is 417 g/mol. The molecule has 168 valence electrons. The van der Waals surface area contributed by atoms with E-state index < -0.39 is 0 Å². The molecule has 1 aliphatic rings. The van der Waals surface area contributed by atoms with Crippen molar-refractivity contribution in [3.63, 3.8) is 0 Å². The van der Waals surface area contributed by atoms with E-state index in [2.05, 4.69) is 4.90 Å². The Bertz CT molecular complexity index is 676.